The first-order valence-corrected chi connectivity index (χ1v) is 9.54. The summed E-state index contributed by atoms with van der Waals surface area (Å²) in [6.07, 6.45) is 2.80. The van der Waals surface area contributed by atoms with Crippen LogP contribution in [-0.2, 0) is 17.9 Å². The van der Waals surface area contributed by atoms with Crippen LogP contribution in [0, 0.1) is 0 Å². The summed E-state index contributed by atoms with van der Waals surface area (Å²) in [5.74, 6) is 0.651. The summed E-state index contributed by atoms with van der Waals surface area (Å²) in [6, 6.07) is 18.0. The molecule has 26 heavy (non-hydrogen) atoms. The minimum atomic E-state index is -0.466. The van der Waals surface area contributed by atoms with E-state index in [0.717, 1.165) is 17.9 Å². The van der Waals surface area contributed by atoms with E-state index in [2.05, 4.69) is 34.5 Å². The molecule has 0 spiro atoms. The monoisotopic (exact) mass is 352 g/mol. The number of carbonyl (C=O) groups is 1. The highest BCUT2D eigenvalue weighted by molar-refractivity contribution is 5.81. The first-order chi connectivity index (χ1) is 12.7. The van der Waals surface area contributed by atoms with Crippen LogP contribution in [0.3, 0.4) is 0 Å². The Labute approximate surface area is 156 Å². The van der Waals surface area contributed by atoms with Crippen LogP contribution in [0.4, 0.5) is 0 Å². The van der Waals surface area contributed by atoms with Gasteiger partial charge in [0.05, 0.1) is 0 Å². The highest BCUT2D eigenvalue weighted by Gasteiger charge is 2.18. The van der Waals surface area contributed by atoms with E-state index in [1.54, 1.807) is 0 Å². The van der Waals surface area contributed by atoms with Crippen LogP contribution < -0.4 is 10.1 Å². The maximum Gasteiger partial charge on any atom is 0.261 e. The van der Waals surface area contributed by atoms with Crippen LogP contribution >= 0.6 is 0 Å². The van der Waals surface area contributed by atoms with Crippen molar-refractivity contribution in [3.8, 4) is 5.75 Å². The lowest BCUT2D eigenvalue weighted by Gasteiger charge is -2.17. The van der Waals surface area contributed by atoms with E-state index in [4.69, 9.17) is 4.74 Å². The molecule has 1 saturated heterocycles. The molecule has 1 aliphatic rings. The molecule has 3 rings (SSSR count). The second kappa shape index (κ2) is 9.39. The summed E-state index contributed by atoms with van der Waals surface area (Å²) in [5.41, 5.74) is 2.44. The van der Waals surface area contributed by atoms with Gasteiger partial charge < -0.3 is 10.1 Å². The number of para-hydroxylation sites is 1. The van der Waals surface area contributed by atoms with Gasteiger partial charge in [-0.15, -0.1) is 0 Å². The van der Waals surface area contributed by atoms with Gasteiger partial charge in [0.2, 0.25) is 0 Å². The Morgan fingerprint density at radius 2 is 1.69 bits per heavy atom. The molecule has 0 unspecified atom stereocenters. The van der Waals surface area contributed by atoms with Gasteiger partial charge in [0.25, 0.3) is 5.91 Å². The summed E-state index contributed by atoms with van der Waals surface area (Å²) in [4.78, 5) is 14.9. The minimum Gasteiger partial charge on any atom is -0.481 e. The normalized spacial score (nSPS) is 15.6. The molecule has 2 aromatic carbocycles. The van der Waals surface area contributed by atoms with Crippen LogP contribution in [0.25, 0.3) is 0 Å². The van der Waals surface area contributed by atoms with E-state index < -0.39 is 6.10 Å². The third kappa shape index (κ3) is 5.33. The van der Waals surface area contributed by atoms with Crippen molar-refractivity contribution in [1.29, 1.82) is 0 Å². The lowest BCUT2D eigenvalue weighted by atomic mass is 10.1. The average molecular weight is 352 g/mol. The molecule has 1 heterocycles. The molecule has 1 aliphatic heterocycles. The van der Waals surface area contributed by atoms with Crippen molar-refractivity contribution in [2.75, 3.05) is 13.1 Å². The van der Waals surface area contributed by atoms with Crippen molar-refractivity contribution in [3.05, 3.63) is 65.7 Å². The van der Waals surface area contributed by atoms with Gasteiger partial charge in [0.15, 0.2) is 6.10 Å². The number of nitrogens with one attached hydrogen (secondary N) is 1. The number of ether oxygens (including phenoxy) is 1. The molecule has 0 aromatic heterocycles. The highest BCUT2D eigenvalue weighted by Crippen LogP contribution is 2.14. The second-order valence-electron chi connectivity index (χ2n) is 6.85. The molecular weight excluding hydrogens is 324 g/mol. The summed E-state index contributed by atoms with van der Waals surface area (Å²) in [5, 5.41) is 2.99. The summed E-state index contributed by atoms with van der Waals surface area (Å²) >= 11 is 0. The fourth-order valence-electron chi connectivity index (χ4n) is 3.25. The van der Waals surface area contributed by atoms with Gasteiger partial charge in [-0.3, -0.25) is 9.69 Å². The lowest BCUT2D eigenvalue weighted by Crippen LogP contribution is -2.37. The number of likely N-dealkylation sites (tertiary alicyclic amines) is 1. The van der Waals surface area contributed by atoms with Gasteiger partial charge in [0, 0.05) is 13.1 Å². The van der Waals surface area contributed by atoms with E-state index >= 15 is 0 Å². The first-order valence-electron chi connectivity index (χ1n) is 9.54. The number of rotatable bonds is 8. The Kier molecular flexibility index (Phi) is 6.67. The molecule has 1 amide bonds. The quantitative estimate of drug-likeness (QED) is 0.786. The zero-order valence-electron chi connectivity index (χ0n) is 15.5. The predicted octanol–water partition coefficient (Wildman–Crippen LogP) is 3.76. The Bertz CT molecular complexity index is 679. The fraction of sp³-hybridized carbons (Fsp3) is 0.409. The Morgan fingerprint density at radius 1 is 1.04 bits per heavy atom. The molecule has 4 heteroatoms. The number of nitrogens with zero attached hydrogens (tertiary/aromatic N) is 1. The van der Waals surface area contributed by atoms with Crippen LogP contribution in [-0.4, -0.2) is 30.0 Å². The van der Waals surface area contributed by atoms with E-state index in [1.807, 2.05) is 37.3 Å². The molecule has 1 N–H and O–H groups in total. The fourth-order valence-corrected chi connectivity index (χ4v) is 3.25. The number of amides is 1. The van der Waals surface area contributed by atoms with Crippen molar-refractivity contribution in [2.24, 2.45) is 0 Å². The molecule has 2 aromatic rings. The van der Waals surface area contributed by atoms with Crippen LogP contribution in [0.5, 0.6) is 5.75 Å². The molecule has 4 nitrogen and oxygen atoms in total. The predicted molar refractivity (Wildman–Crippen MR) is 104 cm³/mol. The van der Waals surface area contributed by atoms with Crippen LogP contribution in [0.2, 0.25) is 0 Å². The molecular formula is C22H28N2O2. The largest absolute Gasteiger partial charge is 0.481 e. The van der Waals surface area contributed by atoms with Crippen LogP contribution in [0.1, 0.15) is 37.3 Å². The summed E-state index contributed by atoms with van der Waals surface area (Å²) < 4.78 is 5.79. The van der Waals surface area contributed by atoms with Gasteiger partial charge in [0.1, 0.15) is 5.75 Å². The summed E-state index contributed by atoms with van der Waals surface area (Å²) in [7, 11) is 0. The Morgan fingerprint density at radius 3 is 2.35 bits per heavy atom. The van der Waals surface area contributed by atoms with Gasteiger partial charge in [-0.1, -0.05) is 49.4 Å². The van der Waals surface area contributed by atoms with E-state index in [-0.39, 0.29) is 5.91 Å². The summed E-state index contributed by atoms with van der Waals surface area (Å²) in [6.45, 7) is 5.92. The molecule has 138 valence electrons. The Hall–Kier alpha value is -2.33. The Balaban J connectivity index is 1.48. The van der Waals surface area contributed by atoms with E-state index in [9.17, 15) is 4.79 Å². The van der Waals surface area contributed by atoms with Crippen molar-refractivity contribution in [2.45, 2.75) is 45.4 Å². The molecule has 0 radical (unpaired) electrons. The van der Waals surface area contributed by atoms with Gasteiger partial charge in [-0.05, 0) is 55.6 Å². The molecule has 0 saturated carbocycles. The zero-order valence-corrected chi connectivity index (χ0v) is 15.5. The molecule has 0 aliphatic carbocycles. The van der Waals surface area contributed by atoms with Gasteiger partial charge >= 0.3 is 0 Å². The minimum absolute atomic E-state index is 0.0718. The topological polar surface area (TPSA) is 41.6 Å². The smallest absolute Gasteiger partial charge is 0.261 e. The lowest BCUT2D eigenvalue weighted by molar-refractivity contribution is -0.128. The molecule has 1 atom stereocenters. The maximum atomic E-state index is 12.4. The zero-order chi connectivity index (χ0) is 18.2. The highest BCUT2D eigenvalue weighted by atomic mass is 16.5. The average Bonchev–Trinajstić information content (AvgIpc) is 3.19. The van der Waals surface area contributed by atoms with Crippen molar-refractivity contribution in [3.63, 3.8) is 0 Å². The van der Waals surface area contributed by atoms with Crippen molar-refractivity contribution < 1.29 is 9.53 Å². The SMILES string of the molecule is CC[C@@H](Oc1ccccc1)C(=O)NCc1ccc(CN2CCCC2)cc1. The first kappa shape index (κ1) is 18.5. The van der Waals surface area contributed by atoms with Crippen LogP contribution in [0.15, 0.2) is 54.6 Å². The van der Waals surface area contributed by atoms with Gasteiger partial charge in [-0.25, -0.2) is 0 Å². The molecule has 1 fully saturated rings. The van der Waals surface area contributed by atoms with E-state index in [1.165, 1.54) is 31.5 Å². The second-order valence-corrected chi connectivity index (χ2v) is 6.85. The number of hydrogen-bond donors (Lipinski definition) is 1. The molecule has 0 bridgehead atoms. The van der Waals surface area contributed by atoms with Crippen molar-refractivity contribution >= 4 is 5.91 Å². The van der Waals surface area contributed by atoms with Crippen molar-refractivity contribution in [1.82, 2.24) is 10.2 Å². The number of carbonyl (C=O) groups excluding carboxylic acids is 1. The standard InChI is InChI=1S/C22H28N2O2/c1-2-21(26-20-8-4-3-5-9-20)22(25)23-16-18-10-12-19(13-11-18)17-24-14-6-7-15-24/h3-5,8-13,21H,2,6-7,14-17H2,1H3,(H,23,25)/t21-/m1/s1. The number of hydrogen-bond acceptors (Lipinski definition) is 3. The number of benzene rings is 2. The van der Waals surface area contributed by atoms with E-state index in [0.29, 0.717) is 13.0 Å². The maximum absolute atomic E-state index is 12.4. The van der Waals surface area contributed by atoms with Gasteiger partial charge in [-0.2, -0.15) is 0 Å². The third-order valence-electron chi connectivity index (χ3n) is 4.78. The third-order valence-corrected chi connectivity index (χ3v) is 4.78.